The molecule has 4 bridgehead atoms. The van der Waals surface area contributed by atoms with Gasteiger partial charge in [-0.3, -0.25) is 33.7 Å². The lowest BCUT2D eigenvalue weighted by Gasteiger charge is -2.41. The average Bonchev–Trinajstić information content (AvgIpc) is 3.99. The van der Waals surface area contributed by atoms with Crippen LogP contribution in [0.2, 0.25) is 5.02 Å². The first-order valence-corrected chi connectivity index (χ1v) is 29.9. The number of benzene rings is 1. The average molecular weight is 1140 g/mol. The summed E-state index contributed by atoms with van der Waals surface area (Å²) in [6.07, 6.45) is 5.69. The van der Waals surface area contributed by atoms with Gasteiger partial charge in [0, 0.05) is 69.9 Å². The minimum Gasteiger partial charge on any atom is -0.462 e. The molecule has 2 N–H and O–H groups in total. The molecule has 0 aliphatic carbocycles. The largest absolute Gasteiger partial charge is 0.462 e. The van der Waals surface area contributed by atoms with E-state index in [-0.39, 0.29) is 78.9 Å². The van der Waals surface area contributed by atoms with Gasteiger partial charge in [0.05, 0.1) is 67.9 Å². The zero-order chi connectivity index (χ0) is 56.1. The van der Waals surface area contributed by atoms with Crippen LogP contribution in [0.1, 0.15) is 104 Å². The highest BCUT2D eigenvalue weighted by Crippen LogP contribution is 2.50. The van der Waals surface area contributed by atoms with Crippen molar-refractivity contribution >= 4 is 92.1 Å². The van der Waals surface area contributed by atoms with E-state index in [1.807, 2.05) is 59.1 Å². The second kappa shape index (κ2) is 28.5. The molecule has 1 aromatic rings. The number of rotatable bonds is 23. The Labute approximate surface area is 465 Å². The molecule has 76 heavy (non-hydrogen) atoms. The Morgan fingerprint density at radius 3 is 2.45 bits per heavy atom. The second-order valence-corrected chi connectivity index (χ2v) is 25.5. The number of allylic oxidation sites excluding steroid dienone is 3. The first kappa shape index (κ1) is 63.2. The number of nitrogens with one attached hydrogen (secondary N) is 1. The zero-order valence-electron chi connectivity index (χ0n) is 45.9. The molecule has 5 amide bonds. The molecule has 0 saturated carbocycles. The Morgan fingerprint density at radius 2 is 1.76 bits per heavy atom. The van der Waals surface area contributed by atoms with E-state index in [0.29, 0.717) is 62.8 Å². The number of epoxide rings is 1. The smallest absolute Gasteiger partial charge is 0.328 e. The number of thioether (sulfide) groups is 1. The zero-order valence-corrected chi connectivity index (χ0v) is 49.1. The topological polar surface area (TPSA) is 220 Å². The number of likely N-dealkylation sites (N-methyl/N-ethyl adjacent to an activating group) is 1. The van der Waals surface area contributed by atoms with Crippen molar-refractivity contribution in [1.29, 1.82) is 0 Å². The summed E-state index contributed by atoms with van der Waals surface area (Å²) in [4.78, 5) is 95.9. The fourth-order valence-corrected chi connectivity index (χ4v) is 13.1. The molecule has 4 aliphatic heterocycles. The molecule has 1 aromatic carbocycles. The van der Waals surface area contributed by atoms with Crippen LogP contribution in [0.15, 0.2) is 35.9 Å². The number of halogens is 1. The van der Waals surface area contributed by atoms with Crippen LogP contribution in [-0.2, 0) is 68.4 Å². The Kier molecular flexibility index (Phi) is 23.7. The molecule has 18 nitrogen and oxygen atoms in total. The third kappa shape index (κ3) is 17.2. The number of hydrogen-bond acceptors (Lipinski definition) is 17. The van der Waals surface area contributed by atoms with Gasteiger partial charge < -0.3 is 48.6 Å². The van der Waals surface area contributed by atoms with E-state index in [0.717, 1.165) is 22.5 Å². The number of aryl methyl sites for hydroxylation is 1. The van der Waals surface area contributed by atoms with Crippen LogP contribution < -0.4 is 10.2 Å². The van der Waals surface area contributed by atoms with Crippen molar-refractivity contribution in [2.24, 2.45) is 5.92 Å². The molecule has 3 saturated heterocycles. The third-order valence-corrected chi connectivity index (χ3v) is 19.4. The van der Waals surface area contributed by atoms with Gasteiger partial charge >= 0.3 is 11.9 Å². The van der Waals surface area contributed by atoms with Crippen molar-refractivity contribution in [1.82, 2.24) is 15.1 Å². The normalized spacial score (nSPS) is 27.8. The van der Waals surface area contributed by atoms with E-state index in [2.05, 4.69) is 5.32 Å². The van der Waals surface area contributed by atoms with Gasteiger partial charge in [0.1, 0.15) is 35.6 Å². The molecule has 424 valence electrons. The number of esters is 2. The Morgan fingerprint density at radius 1 is 1.05 bits per heavy atom. The third-order valence-electron chi connectivity index (χ3n) is 14.5. The fraction of sp³-hybridized carbons (Fsp3) is 0.685. The highest BCUT2D eigenvalue weighted by Gasteiger charge is 2.64. The quantitative estimate of drug-likeness (QED) is 0.0397. The standard InChI is InChI=1S/C54H79ClN4O14S3/c1-33-14-12-15-41(68-10)54(67)31-39(71-47(64)32-54)35(3)49-53(7,73-49)42(30-45(62)58(9)38-28-37(26-33)27-34(2)48(38)55)72-51(66)36(4)57(8)44(61)17-18-52(5,6)76-75-25-13-16-43(60)56-19-21-69-23-24-70-22-20-59-46(63)29-40(74-11)50(59)65/h12,14-15,27-28,35-36,39-42,49,67H,13,16-26,29-32H2,1-11H3,(H,56,60)/b15-12+,33-14+/t35-,36+,39+,40?,41-,42+,49+,53+,54-/m1/s1. The van der Waals surface area contributed by atoms with E-state index < -0.39 is 65.4 Å². The van der Waals surface area contributed by atoms with Crippen LogP contribution in [0, 0.1) is 12.8 Å². The molecule has 1 unspecified atom stereocenters. The first-order valence-electron chi connectivity index (χ1n) is 25.9. The molecule has 0 radical (unpaired) electrons. The minimum absolute atomic E-state index is 0.0448. The number of ether oxygens (including phenoxy) is 6. The van der Waals surface area contributed by atoms with Crippen LogP contribution in [-0.4, -0.2) is 181 Å². The van der Waals surface area contributed by atoms with Gasteiger partial charge in [0.2, 0.25) is 29.5 Å². The Hall–Kier alpha value is -3.67. The van der Waals surface area contributed by atoms with Crippen molar-refractivity contribution in [2.75, 3.05) is 77.6 Å². The first-order chi connectivity index (χ1) is 35.8. The number of likely N-dealkylation sites (tertiary alicyclic amines) is 1. The molecule has 3 fully saturated rings. The predicted octanol–water partition coefficient (Wildman–Crippen LogP) is 6.42. The summed E-state index contributed by atoms with van der Waals surface area (Å²) < 4.78 is 34.9. The van der Waals surface area contributed by atoms with Crippen LogP contribution in [0.25, 0.3) is 0 Å². The Balaban J connectivity index is 1.10. The second-order valence-electron chi connectivity index (χ2n) is 21.0. The molecule has 9 atom stereocenters. The van der Waals surface area contributed by atoms with E-state index >= 15 is 0 Å². The number of fused-ring (bicyclic) bond motifs is 5. The van der Waals surface area contributed by atoms with Crippen LogP contribution in [0.3, 0.4) is 0 Å². The van der Waals surface area contributed by atoms with E-state index in [9.17, 15) is 38.7 Å². The summed E-state index contributed by atoms with van der Waals surface area (Å²) in [6.45, 7) is 14.8. The lowest BCUT2D eigenvalue weighted by molar-refractivity contribution is -0.187. The number of carbonyl (C=O) groups is 7. The number of amides is 5. The Bertz CT molecular complexity index is 2320. The van der Waals surface area contributed by atoms with Gasteiger partial charge in [0.15, 0.2) is 0 Å². The van der Waals surface area contributed by atoms with Crippen molar-refractivity contribution in [3.05, 3.63) is 52.1 Å². The van der Waals surface area contributed by atoms with Crippen molar-refractivity contribution in [3.8, 4) is 0 Å². The van der Waals surface area contributed by atoms with Crippen LogP contribution in [0.4, 0.5) is 5.69 Å². The van der Waals surface area contributed by atoms with Crippen molar-refractivity contribution in [2.45, 2.75) is 158 Å². The molecular weight excluding hydrogens is 1060 g/mol. The van der Waals surface area contributed by atoms with Crippen molar-refractivity contribution < 1.29 is 67.1 Å². The number of anilines is 1. The summed E-state index contributed by atoms with van der Waals surface area (Å²) in [5.74, 6) is -2.21. The summed E-state index contributed by atoms with van der Waals surface area (Å²) in [7, 11) is 7.89. The number of nitrogens with zero attached hydrogens (tertiary/aromatic N) is 3. The molecule has 4 heterocycles. The lowest BCUT2D eigenvalue weighted by atomic mass is 9.78. The SMILES string of the molecule is CO[C@@H]1/C=C/C=C(\C)Cc2cc(C)c(Cl)c(c2)N(C)C(=O)C[C@H](OC(=O)[C@H](C)N(C)C(=O)CCC(C)(C)SSCCCC(=O)NCCOCCOCCN2C(=O)CC(SC)C2=O)[C@]2(C)O[C@H]2[C@H](C)[C@@H]2C[C@@]1(O)CC(=O)O2. The monoisotopic (exact) mass is 1140 g/mol. The number of methoxy groups -OCH3 is 1. The summed E-state index contributed by atoms with van der Waals surface area (Å²) >= 11 is 8.22. The molecule has 5 rings (SSSR count). The molecule has 0 aromatic heterocycles. The highest BCUT2D eigenvalue weighted by atomic mass is 35.5. The van der Waals surface area contributed by atoms with Gasteiger partial charge in [-0.2, -0.15) is 11.8 Å². The minimum atomic E-state index is -1.59. The van der Waals surface area contributed by atoms with E-state index in [1.165, 1.54) is 33.6 Å². The fourth-order valence-electron chi connectivity index (χ4n) is 9.53. The van der Waals surface area contributed by atoms with Gasteiger partial charge in [-0.15, -0.1) is 0 Å². The van der Waals surface area contributed by atoms with E-state index in [4.69, 9.17) is 40.0 Å². The highest BCUT2D eigenvalue weighted by molar-refractivity contribution is 8.77. The molecule has 4 aliphatic rings. The van der Waals surface area contributed by atoms with Crippen LogP contribution >= 0.6 is 45.0 Å². The number of carbonyl (C=O) groups excluding carboxylic acids is 7. The molecule has 22 heteroatoms. The maximum Gasteiger partial charge on any atom is 0.328 e. The van der Waals surface area contributed by atoms with Gasteiger partial charge in [-0.25, -0.2) is 4.79 Å². The predicted molar refractivity (Wildman–Crippen MR) is 296 cm³/mol. The summed E-state index contributed by atoms with van der Waals surface area (Å²) in [6, 6.07) is 2.79. The molecular formula is C54H79ClN4O14S3. The maximum atomic E-state index is 14.3. The van der Waals surface area contributed by atoms with Crippen molar-refractivity contribution in [3.63, 3.8) is 0 Å². The number of hydrogen-bond donors (Lipinski definition) is 2. The number of imide groups is 1. The summed E-state index contributed by atoms with van der Waals surface area (Å²) in [5.41, 5.74) is 0.319. The number of aliphatic hydroxyl groups is 1. The molecule has 0 spiro atoms. The van der Waals surface area contributed by atoms with Crippen LogP contribution in [0.5, 0.6) is 0 Å². The maximum absolute atomic E-state index is 14.3. The van der Waals surface area contributed by atoms with Gasteiger partial charge in [-0.05, 0) is 84.3 Å². The summed E-state index contributed by atoms with van der Waals surface area (Å²) in [5, 5.41) is 14.9. The van der Waals surface area contributed by atoms with E-state index in [1.54, 1.807) is 61.7 Å². The lowest BCUT2D eigenvalue weighted by Crippen LogP contribution is -2.53. The van der Waals surface area contributed by atoms with Gasteiger partial charge in [0.25, 0.3) is 0 Å². The van der Waals surface area contributed by atoms with Gasteiger partial charge in [-0.1, -0.05) is 70.0 Å².